The average molecular weight is 335 g/mol. The number of hydrogen-bond acceptors (Lipinski definition) is 6. The molecular weight excluding hydrogens is 314 g/mol. The number of rotatable bonds is 9. The highest BCUT2D eigenvalue weighted by atomic mass is 32.2. The molecule has 0 unspecified atom stereocenters. The van der Waals surface area contributed by atoms with Crippen LogP contribution < -0.4 is 0 Å². The Kier molecular flexibility index (Phi) is 7.09. The Labute approximate surface area is 140 Å². The summed E-state index contributed by atoms with van der Waals surface area (Å²) in [6.45, 7) is 3.39. The van der Waals surface area contributed by atoms with E-state index in [1.165, 1.54) is 17.3 Å². The van der Waals surface area contributed by atoms with Crippen molar-refractivity contribution in [1.29, 1.82) is 0 Å². The van der Waals surface area contributed by atoms with Gasteiger partial charge in [0, 0.05) is 20.1 Å². The monoisotopic (exact) mass is 335 g/mol. The first-order valence-corrected chi connectivity index (χ1v) is 8.46. The molecule has 0 aliphatic heterocycles. The van der Waals surface area contributed by atoms with Crippen LogP contribution in [0.1, 0.15) is 18.3 Å². The van der Waals surface area contributed by atoms with Gasteiger partial charge in [0.05, 0.1) is 19.0 Å². The van der Waals surface area contributed by atoms with E-state index in [-0.39, 0.29) is 11.7 Å². The maximum atomic E-state index is 11.5. The van der Waals surface area contributed by atoms with Gasteiger partial charge in [0.25, 0.3) is 0 Å². The molecule has 0 spiro atoms. The number of ether oxygens (including phenoxy) is 2. The molecular formula is C16H21N3O3S. The molecule has 1 aromatic heterocycles. The summed E-state index contributed by atoms with van der Waals surface area (Å²) in [7, 11) is 1.66. The second kappa shape index (κ2) is 9.32. The normalized spacial score (nSPS) is 10.7. The summed E-state index contributed by atoms with van der Waals surface area (Å²) in [5, 5.41) is 9.19. The predicted octanol–water partition coefficient (Wildman–Crippen LogP) is 2.17. The van der Waals surface area contributed by atoms with Crippen molar-refractivity contribution in [3.05, 3.63) is 41.7 Å². The zero-order valence-electron chi connectivity index (χ0n) is 13.4. The van der Waals surface area contributed by atoms with Gasteiger partial charge in [-0.3, -0.25) is 4.79 Å². The van der Waals surface area contributed by atoms with Crippen LogP contribution in [-0.2, 0) is 27.2 Å². The lowest BCUT2D eigenvalue weighted by atomic mass is 10.1. The number of aromatic nitrogens is 3. The molecule has 2 aromatic rings. The number of carbonyl (C=O) groups is 1. The van der Waals surface area contributed by atoms with E-state index in [0.717, 1.165) is 5.82 Å². The molecule has 0 N–H and O–H groups in total. The fourth-order valence-corrected chi connectivity index (χ4v) is 2.85. The van der Waals surface area contributed by atoms with Crippen molar-refractivity contribution in [3.8, 4) is 0 Å². The predicted molar refractivity (Wildman–Crippen MR) is 88.5 cm³/mol. The van der Waals surface area contributed by atoms with Crippen molar-refractivity contribution >= 4 is 17.7 Å². The third-order valence-electron chi connectivity index (χ3n) is 3.14. The molecule has 7 heteroatoms. The summed E-state index contributed by atoms with van der Waals surface area (Å²) in [6.07, 6.45) is 0.692. The number of esters is 1. The van der Waals surface area contributed by atoms with E-state index in [1.807, 2.05) is 22.8 Å². The molecule has 1 aromatic carbocycles. The minimum absolute atomic E-state index is 0.226. The van der Waals surface area contributed by atoms with Crippen molar-refractivity contribution < 1.29 is 14.3 Å². The summed E-state index contributed by atoms with van der Waals surface area (Å²) in [6, 6.07) is 10.1. The Hall–Kier alpha value is -1.86. The molecule has 124 valence electrons. The van der Waals surface area contributed by atoms with Gasteiger partial charge in [0.15, 0.2) is 5.16 Å². The molecule has 0 bridgehead atoms. The van der Waals surface area contributed by atoms with Gasteiger partial charge in [-0.15, -0.1) is 10.2 Å². The Morgan fingerprint density at radius 2 is 2.04 bits per heavy atom. The molecule has 0 aliphatic carbocycles. The first kappa shape index (κ1) is 17.5. The average Bonchev–Trinajstić information content (AvgIpc) is 2.94. The number of carbonyl (C=O) groups excluding carboxylic acids is 1. The lowest BCUT2D eigenvalue weighted by Gasteiger charge is -2.09. The van der Waals surface area contributed by atoms with E-state index in [0.29, 0.717) is 31.3 Å². The van der Waals surface area contributed by atoms with E-state index >= 15 is 0 Å². The van der Waals surface area contributed by atoms with E-state index in [2.05, 4.69) is 22.3 Å². The van der Waals surface area contributed by atoms with Crippen molar-refractivity contribution in [2.45, 2.75) is 25.0 Å². The van der Waals surface area contributed by atoms with E-state index < -0.39 is 0 Å². The number of thioether (sulfide) groups is 1. The second-order valence-corrected chi connectivity index (χ2v) is 5.74. The lowest BCUT2D eigenvalue weighted by molar-refractivity contribution is -0.139. The fourth-order valence-electron chi connectivity index (χ4n) is 2.07. The standard InChI is InChI=1S/C16H21N3O3S/c1-3-22-15(20)12-23-16-18-17-14(19(16)9-10-21-2)11-13-7-5-4-6-8-13/h4-8H,3,9-12H2,1-2H3. The van der Waals surface area contributed by atoms with Gasteiger partial charge in [-0.1, -0.05) is 42.1 Å². The smallest absolute Gasteiger partial charge is 0.316 e. The van der Waals surface area contributed by atoms with Gasteiger partial charge in [-0.25, -0.2) is 0 Å². The zero-order chi connectivity index (χ0) is 16.5. The minimum Gasteiger partial charge on any atom is -0.465 e. The van der Waals surface area contributed by atoms with E-state index in [9.17, 15) is 4.79 Å². The second-order valence-electron chi connectivity index (χ2n) is 4.80. The van der Waals surface area contributed by atoms with Crippen LogP contribution in [-0.4, -0.2) is 46.8 Å². The molecule has 0 fully saturated rings. The quantitative estimate of drug-likeness (QED) is 0.517. The van der Waals surface area contributed by atoms with Crippen molar-refractivity contribution in [2.24, 2.45) is 0 Å². The van der Waals surface area contributed by atoms with Crippen LogP contribution in [0, 0.1) is 0 Å². The van der Waals surface area contributed by atoms with Gasteiger partial charge in [0.1, 0.15) is 5.82 Å². The highest BCUT2D eigenvalue weighted by molar-refractivity contribution is 7.99. The summed E-state index contributed by atoms with van der Waals surface area (Å²) in [4.78, 5) is 11.5. The molecule has 0 aliphatic rings. The van der Waals surface area contributed by atoms with Gasteiger partial charge in [-0.05, 0) is 12.5 Å². The first-order valence-electron chi connectivity index (χ1n) is 7.48. The van der Waals surface area contributed by atoms with Crippen molar-refractivity contribution in [2.75, 3.05) is 26.1 Å². The maximum Gasteiger partial charge on any atom is 0.316 e. The molecule has 2 rings (SSSR count). The van der Waals surface area contributed by atoms with Crippen LogP contribution in [0.25, 0.3) is 0 Å². The molecule has 23 heavy (non-hydrogen) atoms. The summed E-state index contributed by atoms with van der Waals surface area (Å²) in [5.74, 6) is 0.840. The first-order chi connectivity index (χ1) is 11.2. The summed E-state index contributed by atoms with van der Waals surface area (Å²) < 4.78 is 12.1. The van der Waals surface area contributed by atoms with E-state index in [4.69, 9.17) is 9.47 Å². The molecule has 0 saturated carbocycles. The molecule has 0 saturated heterocycles. The van der Waals surface area contributed by atoms with Crippen LogP contribution >= 0.6 is 11.8 Å². The van der Waals surface area contributed by atoms with Crippen LogP contribution in [0.2, 0.25) is 0 Å². The van der Waals surface area contributed by atoms with Gasteiger partial charge in [-0.2, -0.15) is 0 Å². The van der Waals surface area contributed by atoms with Crippen LogP contribution in [0.5, 0.6) is 0 Å². The minimum atomic E-state index is -0.247. The molecule has 0 atom stereocenters. The Morgan fingerprint density at radius 3 is 2.74 bits per heavy atom. The zero-order valence-corrected chi connectivity index (χ0v) is 14.2. The van der Waals surface area contributed by atoms with Crippen LogP contribution in [0.3, 0.4) is 0 Å². The summed E-state index contributed by atoms with van der Waals surface area (Å²) >= 11 is 1.34. The molecule has 1 heterocycles. The number of methoxy groups -OCH3 is 1. The largest absolute Gasteiger partial charge is 0.465 e. The molecule has 0 amide bonds. The Morgan fingerprint density at radius 1 is 1.26 bits per heavy atom. The van der Waals surface area contributed by atoms with Crippen LogP contribution in [0.15, 0.2) is 35.5 Å². The van der Waals surface area contributed by atoms with Gasteiger partial charge in [0.2, 0.25) is 0 Å². The Bertz CT molecular complexity index is 616. The van der Waals surface area contributed by atoms with Crippen molar-refractivity contribution in [3.63, 3.8) is 0 Å². The fraction of sp³-hybridized carbons (Fsp3) is 0.438. The molecule has 0 radical (unpaired) electrons. The highest BCUT2D eigenvalue weighted by Gasteiger charge is 2.14. The molecule has 6 nitrogen and oxygen atoms in total. The number of nitrogens with zero attached hydrogens (tertiary/aromatic N) is 3. The summed E-state index contributed by atoms with van der Waals surface area (Å²) in [5.41, 5.74) is 1.17. The maximum absolute atomic E-state index is 11.5. The third-order valence-corrected chi connectivity index (χ3v) is 4.08. The van der Waals surface area contributed by atoms with Crippen molar-refractivity contribution in [1.82, 2.24) is 14.8 Å². The topological polar surface area (TPSA) is 66.2 Å². The highest BCUT2D eigenvalue weighted by Crippen LogP contribution is 2.19. The van der Waals surface area contributed by atoms with Gasteiger partial charge < -0.3 is 14.0 Å². The Balaban J connectivity index is 2.10. The SMILES string of the molecule is CCOC(=O)CSc1nnc(Cc2ccccc2)n1CCOC. The number of benzene rings is 1. The van der Waals surface area contributed by atoms with E-state index in [1.54, 1.807) is 14.0 Å². The van der Waals surface area contributed by atoms with Crippen LogP contribution in [0.4, 0.5) is 0 Å². The third kappa shape index (κ3) is 5.37. The lowest BCUT2D eigenvalue weighted by Crippen LogP contribution is -2.12. The number of hydrogen-bond donors (Lipinski definition) is 0. The van der Waals surface area contributed by atoms with Gasteiger partial charge >= 0.3 is 5.97 Å².